The zero-order valence-electron chi connectivity index (χ0n) is 17.9. The van der Waals surface area contributed by atoms with Crippen LogP contribution in [0.3, 0.4) is 0 Å². The van der Waals surface area contributed by atoms with Crippen LogP contribution in [-0.2, 0) is 13.0 Å². The molecule has 0 bridgehead atoms. The van der Waals surface area contributed by atoms with Crippen molar-refractivity contribution in [1.29, 1.82) is 0 Å². The van der Waals surface area contributed by atoms with Crippen LogP contribution in [0.4, 0.5) is 0 Å². The summed E-state index contributed by atoms with van der Waals surface area (Å²) < 4.78 is 15.2. The number of fused-ring (bicyclic) bond motifs is 2. The van der Waals surface area contributed by atoms with Gasteiger partial charge >= 0.3 is 0 Å². The first-order valence-corrected chi connectivity index (χ1v) is 11.6. The third-order valence-electron chi connectivity index (χ3n) is 5.76. The fourth-order valence-corrected chi connectivity index (χ4v) is 4.54. The Hall–Kier alpha value is -3.97. The maximum Gasteiger partial charge on any atom is 0.193 e. The van der Waals surface area contributed by atoms with Crippen LogP contribution in [0.1, 0.15) is 16.7 Å². The van der Waals surface area contributed by atoms with Gasteiger partial charge in [0.2, 0.25) is 0 Å². The predicted molar refractivity (Wildman–Crippen MR) is 133 cm³/mol. The summed E-state index contributed by atoms with van der Waals surface area (Å²) in [5, 5.41) is 0.547. The molecule has 166 valence electrons. The van der Waals surface area contributed by atoms with Gasteiger partial charge in [0.15, 0.2) is 16.9 Å². The quantitative estimate of drug-likeness (QED) is 0.291. The normalized spacial score (nSPS) is 11.7. The van der Waals surface area contributed by atoms with Crippen LogP contribution in [0.5, 0.6) is 17.2 Å². The molecule has 1 aliphatic rings. The number of ether oxygens (including phenoxy) is 2. The Morgan fingerprint density at radius 3 is 2.50 bits per heavy atom. The lowest BCUT2D eigenvalue weighted by Crippen LogP contribution is -2.17. The topological polar surface area (TPSA) is 66.2 Å². The Bertz CT molecular complexity index is 1580. The molecule has 0 aliphatic carbocycles. The number of hydrogen-bond acceptors (Lipinski definition) is 5. The number of pyridine rings is 3. The Morgan fingerprint density at radius 2 is 1.74 bits per heavy atom. The van der Waals surface area contributed by atoms with E-state index in [0.29, 0.717) is 41.2 Å². The predicted octanol–water partition coefficient (Wildman–Crippen LogP) is 5.82. The van der Waals surface area contributed by atoms with Crippen molar-refractivity contribution >= 4 is 26.8 Å². The molecule has 6 rings (SSSR count). The molecular weight excluding hydrogens is 494 g/mol. The fourth-order valence-electron chi connectivity index (χ4n) is 4.19. The average Bonchev–Trinajstić information content (AvgIpc) is 2.87. The summed E-state index contributed by atoms with van der Waals surface area (Å²) in [5.74, 6) is 1.85. The van der Waals surface area contributed by atoms with Crippen LogP contribution < -0.4 is 14.9 Å². The number of rotatable bonds is 5. The van der Waals surface area contributed by atoms with Crippen molar-refractivity contribution in [3.8, 4) is 22.9 Å². The van der Waals surface area contributed by atoms with Gasteiger partial charge in [0.1, 0.15) is 17.9 Å². The highest BCUT2D eigenvalue weighted by Gasteiger charge is 2.23. The first-order chi connectivity index (χ1) is 16.7. The van der Waals surface area contributed by atoms with E-state index in [0.717, 1.165) is 26.8 Å². The minimum absolute atomic E-state index is 0.0507. The van der Waals surface area contributed by atoms with Gasteiger partial charge in [0, 0.05) is 59.1 Å². The van der Waals surface area contributed by atoms with Crippen molar-refractivity contribution in [3.63, 3.8) is 0 Å². The summed E-state index contributed by atoms with van der Waals surface area (Å²) in [4.78, 5) is 21.9. The van der Waals surface area contributed by atoms with Gasteiger partial charge in [-0.3, -0.25) is 14.8 Å². The van der Waals surface area contributed by atoms with Gasteiger partial charge in [-0.1, -0.05) is 28.1 Å². The first kappa shape index (κ1) is 20.6. The standard InChI is InChI=1S/C27H18BrN3O3/c28-20-5-6-24-23(10-20)31-15-19(9-17-3-1-7-29-13-17)27(32)22-11-21(12-25(34-24)26(22)31)33-16-18-4-2-8-30-14-18/h1-8,10-15H,9,16H2. The van der Waals surface area contributed by atoms with Gasteiger partial charge in [-0.2, -0.15) is 0 Å². The Kier molecular flexibility index (Phi) is 5.11. The second kappa shape index (κ2) is 8.43. The molecule has 0 fully saturated rings. The van der Waals surface area contributed by atoms with E-state index in [4.69, 9.17) is 9.47 Å². The third-order valence-corrected chi connectivity index (χ3v) is 6.25. The number of benzene rings is 2. The van der Waals surface area contributed by atoms with Crippen molar-refractivity contribution in [3.05, 3.63) is 117 Å². The maximum atomic E-state index is 13.6. The fraction of sp³-hybridized carbons (Fsp3) is 0.0741. The molecule has 6 nitrogen and oxygen atoms in total. The summed E-state index contributed by atoms with van der Waals surface area (Å²) in [6.45, 7) is 0.339. The molecule has 0 amide bonds. The van der Waals surface area contributed by atoms with Gasteiger partial charge < -0.3 is 14.0 Å². The molecule has 7 heteroatoms. The largest absolute Gasteiger partial charge is 0.489 e. The second-order valence-corrected chi connectivity index (χ2v) is 8.99. The molecule has 0 atom stereocenters. The molecule has 0 saturated carbocycles. The number of halogens is 1. The second-order valence-electron chi connectivity index (χ2n) is 8.07. The van der Waals surface area contributed by atoms with E-state index < -0.39 is 0 Å². The Balaban J connectivity index is 1.52. The van der Waals surface area contributed by atoms with Crippen molar-refractivity contribution in [2.75, 3.05) is 0 Å². The van der Waals surface area contributed by atoms with E-state index in [1.807, 2.05) is 59.3 Å². The number of hydrogen-bond donors (Lipinski definition) is 0. The molecule has 3 aromatic heterocycles. The molecule has 5 aromatic rings. The van der Waals surface area contributed by atoms with Gasteiger partial charge in [-0.15, -0.1) is 0 Å². The lowest BCUT2D eigenvalue weighted by molar-refractivity contribution is 0.304. The van der Waals surface area contributed by atoms with E-state index >= 15 is 0 Å². The van der Waals surface area contributed by atoms with E-state index in [-0.39, 0.29) is 5.43 Å². The smallest absolute Gasteiger partial charge is 0.193 e. The minimum Gasteiger partial charge on any atom is -0.489 e. The van der Waals surface area contributed by atoms with Crippen LogP contribution in [-0.4, -0.2) is 14.5 Å². The van der Waals surface area contributed by atoms with Crippen LogP contribution in [0.15, 0.2) is 94.8 Å². The maximum absolute atomic E-state index is 13.6. The molecule has 0 saturated heterocycles. The van der Waals surface area contributed by atoms with Crippen LogP contribution >= 0.6 is 15.9 Å². The van der Waals surface area contributed by atoms with Crippen LogP contribution in [0, 0.1) is 0 Å². The summed E-state index contributed by atoms with van der Waals surface area (Å²) >= 11 is 3.56. The third kappa shape index (κ3) is 3.74. The molecule has 0 radical (unpaired) electrons. The van der Waals surface area contributed by atoms with E-state index in [9.17, 15) is 4.79 Å². The SMILES string of the molecule is O=c1c(Cc2cccnc2)cn2c3c(cc(OCc4cccnc4)cc13)Oc1ccc(Br)cc1-2. The molecule has 4 heterocycles. The Morgan fingerprint density at radius 1 is 0.941 bits per heavy atom. The van der Waals surface area contributed by atoms with Crippen molar-refractivity contribution in [2.24, 2.45) is 0 Å². The van der Waals surface area contributed by atoms with Crippen molar-refractivity contribution in [2.45, 2.75) is 13.0 Å². The summed E-state index contributed by atoms with van der Waals surface area (Å²) in [7, 11) is 0. The highest BCUT2D eigenvalue weighted by Crippen LogP contribution is 2.42. The molecule has 0 unspecified atom stereocenters. The van der Waals surface area contributed by atoms with Gasteiger partial charge in [-0.25, -0.2) is 0 Å². The average molecular weight is 512 g/mol. The molecule has 0 N–H and O–H groups in total. The molecule has 34 heavy (non-hydrogen) atoms. The highest BCUT2D eigenvalue weighted by molar-refractivity contribution is 9.10. The summed E-state index contributed by atoms with van der Waals surface area (Å²) in [6, 6.07) is 17.1. The minimum atomic E-state index is -0.0507. The van der Waals surface area contributed by atoms with Crippen molar-refractivity contribution < 1.29 is 9.47 Å². The van der Waals surface area contributed by atoms with Crippen molar-refractivity contribution in [1.82, 2.24) is 14.5 Å². The number of aromatic nitrogens is 3. The summed E-state index contributed by atoms with van der Waals surface area (Å²) in [6.07, 6.45) is 9.37. The van der Waals surface area contributed by atoms with E-state index in [2.05, 4.69) is 25.9 Å². The summed E-state index contributed by atoms with van der Waals surface area (Å²) in [5.41, 5.74) is 4.11. The lowest BCUT2D eigenvalue weighted by atomic mass is 10.0. The van der Waals surface area contributed by atoms with E-state index in [1.165, 1.54) is 0 Å². The number of nitrogens with zero attached hydrogens (tertiary/aromatic N) is 3. The Labute approximate surface area is 203 Å². The molecule has 2 aromatic carbocycles. The highest BCUT2D eigenvalue weighted by atomic mass is 79.9. The van der Waals surface area contributed by atoms with E-state index in [1.54, 1.807) is 30.9 Å². The van der Waals surface area contributed by atoms with Gasteiger partial charge in [0.05, 0.1) is 11.1 Å². The molecular formula is C27H18BrN3O3. The van der Waals surface area contributed by atoms with Crippen LogP contribution in [0.25, 0.3) is 16.6 Å². The van der Waals surface area contributed by atoms with Gasteiger partial charge in [0.25, 0.3) is 0 Å². The first-order valence-electron chi connectivity index (χ1n) is 10.8. The molecule has 1 aliphatic heterocycles. The lowest BCUT2D eigenvalue weighted by Gasteiger charge is -2.25. The molecule has 0 spiro atoms. The zero-order chi connectivity index (χ0) is 23.1. The monoisotopic (exact) mass is 511 g/mol. The van der Waals surface area contributed by atoms with Crippen LogP contribution in [0.2, 0.25) is 0 Å². The zero-order valence-corrected chi connectivity index (χ0v) is 19.5. The van der Waals surface area contributed by atoms with Gasteiger partial charge in [-0.05, 0) is 42.0 Å².